The molecule has 4 aromatic rings. The molecule has 6 nitrogen and oxygen atoms in total. The van der Waals surface area contributed by atoms with Crippen LogP contribution in [0.25, 0.3) is 20.5 Å². The van der Waals surface area contributed by atoms with Crippen molar-refractivity contribution in [1.29, 1.82) is 0 Å². The van der Waals surface area contributed by atoms with E-state index in [1.54, 1.807) is 23.5 Å². The second kappa shape index (κ2) is 10.1. The van der Waals surface area contributed by atoms with Gasteiger partial charge >= 0.3 is 5.97 Å². The molecule has 1 saturated heterocycles. The predicted octanol–water partition coefficient (Wildman–Crippen LogP) is 6.51. The summed E-state index contributed by atoms with van der Waals surface area (Å²) in [5.41, 5.74) is 3.20. The van der Waals surface area contributed by atoms with E-state index in [0.29, 0.717) is 18.9 Å². The molecule has 37 heavy (non-hydrogen) atoms. The Hall–Kier alpha value is -3.55. The van der Waals surface area contributed by atoms with E-state index in [9.17, 15) is 9.90 Å². The van der Waals surface area contributed by atoms with Crippen molar-refractivity contribution < 1.29 is 24.1 Å². The molecule has 1 N–H and O–H groups in total. The maximum atomic E-state index is 11.4. The monoisotopic (exact) mass is 515 g/mol. The summed E-state index contributed by atoms with van der Waals surface area (Å²) < 4.78 is 19.2. The number of phenolic OH excluding ortho intramolecular Hbond substituents is 1. The maximum Gasteiger partial charge on any atom is 0.304 e. The van der Waals surface area contributed by atoms with Gasteiger partial charge in [0.25, 0.3) is 0 Å². The van der Waals surface area contributed by atoms with E-state index in [0.717, 1.165) is 48.2 Å². The summed E-state index contributed by atoms with van der Waals surface area (Å²) in [6.45, 7) is 3.59. The quantitative estimate of drug-likeness (QED) is 0.295. The SMILES string of the molecule is CC(=O)OC1CCCCN1CCOc1ccc(C2Oc3cc(O)ccc3-c3sc4ccccc4c32)cc1. The van der Waals surface area contributed by atoms with Crippen LogP contribution in [0.3, 0.4) is 0 Å². The molecule has 1 aromatic heterocycles. The molecule has 0 spiro atoms. The Labute approximate surface area is 220 Å². The minimum atomic E-state index is -0.285. The first kappa shape index (κ1) is 23.8. The number of fused-ring (bicyclic) bond motifs is 5. The molecule has 0 bridgehead atoms. The Bertz CT molecular complexity index is 1430. The van der Waals surface area contributed by atoms with E-state index in [2.05, 4.69) is 29.2 Å². The van der Waals surface area contributed by atoms with Crippen LogP contribution in [0.15, 0.2) is 66.7 Å². The number of likely N-dealkylation sites (tertiary alicyclic amines) is 1. The van der Waals surface area contributed by atoms with E-state index in [1.165, 1.54) is 21.9 Å². The van der Waals surface area contributed by atoms with Crippen molar-refractivity contribution in [2.24, 2.45) is 0 Å². The van der Waals surface area contributed by atoms with Crippen LogP contribution in [-0.2, 0) is 9.53 Å². The van der Waals surface area contributed by atoms with E-state index in [-0.39, 0.29) is 24.1 Å². The van der Waals surface area contributed by atoms with Gasteiger partial charge in [0.1, 0.15) is 23.9 Å². The second-order valence-electron chi connectivity index (χ2n) is 9.53. The van der Waals surface area contributed by atoms with Crippen LogP contribution in [0.4, 0.5) is 0 Å². The Balaban J connectivity index is 1.21. The molecule has 1 fully saturated rings. The van der Waals surface area contributed by atoms with Gasteiger partial charge in [-0.15, -0.1) is 11.3 Å². The molecule has 0 radical (unpaired) electrons. The van der Waals surface area contributed by atoms with Crippen molar-refractivity contribution in [2.45, 2.75) is 38.5 Å². The lowest BCUT2D eigenvalue weighted by atomic mass is 9.93. The molecule has 190 valence electrons. The van der Waals surface area contributed by atoms with Crippen molar-refractivity contribution in [3.63, 3.8) is 0 Å². The third-order valence-electron chi connectivity index (χ3n) is 7.04. The number of hydrogen-bond donors (Lipinski definition) is 1. The van der Waals surface area contributed by atoms with Crippen molar-refractivity contribution in [2.75, 3.05) is 19.7 Å². The highest BCUT2D eigenvalue weighted by molar-refractivity contribution is 7.22. The lowest BCUT2D eigenvalue weighted by molar-refractivity contribution is -0.160. The number of esters is 1. The van der Waals surface area contributed by atoms with Crippen LogP contribution in [0.2, 0.25) is 0 Å². The largest absolute Gasteiger partial charge is 0.508 e. The third-order valence-corrected chi connectivity index (χ3v) is 8.26. The van der Waals surface area contributed by atoms with Gasteiger partial charge in [-0.25, -0.2) is 0 Å². The van der Waals surface area contributed by atoms with Gasteiger partial charge in [0, 0.05) is 52.2 Å². The zero-order valence-electron chi connectivity index (χ0n) is 20.7. The van der Waals surface area contributed by atoms with Crippen LogP contribution in [0, 0.1) is 0 Å². The van der Waals surface area contributed by atoms with Crippen molar-refractivity contribution in [1.82, 2.24) is 4.90 Å². The molecular formula is C30H29NO5S. The lowest BCUT2D eigenvalue weighted by Gasteiger charge is -2.34. The summed E-state index contributed by atoms with van der Waals surface area (Å²) in [5, 5.41) is 11.3. The molecule has 2 atom stereocenters. The fourth-order valence-corrected chi connectivity index (χ4v) is 6.56. The second-order valence-corrected chi connectivity index (χ2v) is 10.6. The van der Waals surface area contributed by atoms with E-state index in [4.69, 9.17) is 14.2 Å². The number of rotatable bonds is 6. The number of carbonyl (C=O) groups excluding carboxylic acids is 1. The van der Waals surface area contributed by atoms with Crippen LogP contribution in [0.1, 0.15) is 43.4 Å². The predicted molar refractivity (Wildman–Crippen MR) is 144 cm³/mol. The van der Waals surface area contributed by atoms with Crippen LogP contribution in [-0.4, -0.2) is 41.9 Å². The number of thiophene rings is 1. The van der Waals surface area contributed by atoms with Crippen LogP contribution < -0.4 is 9.47 Å². The smallest absolute Gasteiger partial charge is 0.304 e. The number of hydrogen-bond acceptors (Lipinski definition) is 7. The lowest BCUT2D eigenvalue weighted by Crippen LogP contribution is -2.44. The van der Waals surface area contributed by atoms with Gasteiger partial charge in [-0.3, -0.25) is 9.69 Å². The average Bonchev–Trinajstić information content (AvgIpc) is 3.29. The molecule has 6 rings (SSSR count). The summed E-state index contributed by atoms with van der Waals surface area (Å²) in [6, 6.07) is 21.8. The van der Waals surface area contributed by atoms with Crippen LogP contribution >= 0.6 is 11.3 Å². The number of aromatic hydroxyl groups is 1. The number of piperidine rings is 1. The summed E-state index contributed by atoms with van der Waals surface area (Å²) in [4.78, 5) is 14.8. The molecule has 3 heterocycles. The average molecular weight is 516 g/mol. The summed E-state index contributed by atoms with van der Waals surface area (Å²) in [5.74, 6) is 1.43. The maximum absolute atomic E-state index is 11.4. The summed E-state index contributed by atoms with van der Waals surface area (Å²) in [6.07, 6.45) is 2.61. The first-order valence-corrected chi connectivity index (χ1v) is 13.5. The molecule has 2 aliphatic rings. The van der Waals surface area contributed by atoms with Gasteiger partial charge in [0.15, 0.2) is 12.3 Å². The zero-order chi connectivity index (χ0) is 25.4. The highest BCUT2D eigenvalue weighted by atomic mass is 32.1. The molecule has 3 aromatic carbocycles. The highest BCUT2D eigenvalue weighted by Crippen LogP contribution is 2.52. The standard InChI is InChI=1S/C30H29NO5S/c1-19(32)35-27-8-4-5-15-31(27)16-17-34-22-12-9-20(10-13-22)29-28-24-6-2-3-7-26(24)37-30(28)23-14-11-21(33)18-25(23)36-29/h2-3,6-7,9-14,18,27,29,33H,4-5,8,15-17H2,1H3. The number of nitrogens with zero attached hydrogens (tertiary/aromatic N) is 1. The van der Waals surface area contributed by atoms with Crippen LogP contribution in [0.5, 0.6) is 17.2 Å². The first-order chi connectivity index (χ1) is 18.1. The number of benzene rings is 3. The van der Waals surface area contributed by atoms with Crippen molar-refractivity contribution in [3.8, 4) is 27.7 Å². The van der Waals surface area contributed by atoms with Crippen molar-refractivity contribution >= 4 is 27.4 Å². The molecule has 2 unspecified atom stereocenters. The molecule has 0 aliphatic carbocycles. The normalized spacial score (nSPS) is 19.1. The summed E-state index contributed by atoms with van der Waals surface area (Å²) in [7, 11) is 0. The van der Waals surface area contributed by atoms with E-state index >= 15 is 0 Å². The van der Waals surface area contributed by atoms with E-state index in [1.807, 2.05) is 30.3 Å². The Morgan fingerprint density at radius 1 is 1.11 bits per heavy atom. The topological polar surface area (TPSA) is 68.2 Å². The molecule has 0 amide bonds. The Kier molecular flexibility index (Phi) is 6.49. The fourth-order valence-electron chi connectivity index (χ4n) is 5.30. The third kappa shape index (κ3) is 4.77. The van der Waals surface area contributed by atoms with Gasteiger partial charge in [-0.2, -0.15) is 0 Å². The van der Waals surface area contributed by atoms with Gasteiger partial charge in [0.05, 0.1) is 0 Å². The Morgan fingerprint density at radius 2 is 1.95 bits per heavy atom. The van der Waals surface area contributed by atoms with Gasteiger partial charge in [0.2, 0.25) is 0 Å². The Morgan fingerprint density at radius 3 is 2.78 bits per heavy atom. The molecule has 0 saturated carbocycles. The molecular weight excluding hydrogens is 486 g/mol. The number of carbonyl (C=O) groups is 1. The highest BCUT2D eigenvalue weighted by Gasteiger charge is 2.31. The van der Waals surface area contributed by atoms with E-state index < -0.39 is 0 Å². The number of phenols is 1. The minimum Gasteiger partial charge on any atom is -0.508 e. The minimum absolute atomic E-state index is 0.155. The molecule has 2 aliphatic heterocycles. The van der Waals surface area contributed by atoms with Gasteiger partial charge in [-0.05, 0) is 55.2 Å². The van der Waals surface area contributed by atoms with Gasteiger partial charge < -0.3 is 19.3 Å². The zero-order valence-corrected chi connectivity index (χ0v) is 21.5. The first-order valence-electron chi connectivity index (χ1n) is 12.7. The van der Waals surface area contributed by atoms with Gasteiger partial charge in [-0.1, -0.05) is 30.3 Å². The molecule has 7 heteroatoms. The summed E-state index contributed by atoms with van der Waals surface area (Å²) >= 11 is 1.76. The number of ether oxygens (including phenoxy) is 3. The van der Waals surface area contributed by atoms with Crippen molar-refractivity contribution in [3.05, 3.63) is 77.9 Å². The fraction of sp³-hybridized carbons (Fsp3) is 0.300.